The van der Waals surface area contributed by atoms with Crippen LogP contribution in [0.25, 0.3) is 0 Å². The Kier molecular flexibility index (Phi) is 5.14. The van der Waals surface area contributed by atoms with Crippen LogP contribution in [-0.2, 0) is 9.59 Å². The molecule has 1 amide bonds. The first kappa shape index (κ1) is 15.3. The van der Waals surface area contributed by atoms with Gasteiger partial charge in [-0.05, 0) is 31.2 Å². The van der Waals surface area contributed by atoms with Crippen molar-refractivity contribution >= 4 is 23.4 Å². The summed E-state index contributed by atoms with van der Waals surface area (Å²) in [5.74, 6) is 0.275. The molecule has 0 aromatic carbocycles. The Morgan fingerprint density at radius 2 is 2.05 bits per heavy atom. The molecule has 6 heteroatoms. The quantitative estimate of drug-likeness (QED) is 0.840. The van der Waals surface area contributed by atoms with Crippen LogP contribution in [0.4, 0.5) is 11.5 Å². The van der Waals surface area contributed by atoms with Gasteiger partial charge in [0.15, 0.2) is 0 Å². The van der Waals surface area contributed by atoms with E-state index in [0.29, 0.717) is 5.69 Å². The number of carbonyl (C=O) groups is 2. The summed E-state index contributed by atoms with van der Waals surface area (Å²) in [5.41, 5.74) is 0.632. The minimum Gasteiger partial charge on any atom is -0.550 e. The number of hydrogen-bond acceptors (Lipinski definition) is 4. The molecule has 6 nitrogen and oxygen atoms in total. The second kappa shape index (κ2) is 7.06. The summed E-state index contributed by atoms with van der Waals surface area (Å²) in [6.45, 7) is 4.34. The molecule has 0 unspecified atom stereocenters. The topological polar surface area (TPSA) is 86.6 Å². The number of piperidine rings is 1. The largest absolute Gasteiger partial charge is 0.550 e. The van der Waals surface area contributed by atoms with Crippen molar-refractivity contribution in [2.75, 3.05) is 23.3 Å². The van der Waals surface area contributed by atoms with Crippen LogP contribution in [-0.4, -0.2) is 25.0 Å². The molecule has 0 bridgehead atoms. The summed E-state index contributed by atoms with van der Waals surface area (Å²) in [7, 11) is 0. The van der Waals surface area contributed by atoms with Crippen LogP contribution in [0.1, 0.15) is 32.6 Å². The maximum Gasteiger partial charge on any atom is 0.274 e. The summed E-state index contributed by atoms with van der Waals surface area (Å²) in [4.78, 5) is 27.3. The van der Waals surface area contributed by atoms with Crippen LogP contribution in [0.5, 0.6) is 0 Å². The zero-order valence-electron chi connectivity index (χ0n) is 12.2. The number of H-pyrrole nitrogens is 1. The highest BCUT2D eigenvalue weighted by Gasteiger charge is 2.22. The van der Waals surface area contributed by atoms with Crippen molar-refractivity contribution in [3.63, 3.8) is 0 Å². The van der Waals surface area contributed by atoms with Gasteiger partial charge in [-0.2, -0.15) is 0 Å². The predicted octanol–water partition coefficient (Wildman–Crippen LogP) is 0.206. The van der Waals surface area contributed by atoms with Crippen LogP contribution >= 0.6 is 0 Å². The van der Waals surface area contributed by atoms with Crippen molar-refractivity contribution in [1.82, 2.24) is 0 Å². The molecule has 2 rings (SSSR count). The minimum absolute atomic E-state index is 0.0753. The molecule has 2 heterocycles. The maximum absolute atomic E-state index is 11.5. The fourth-order valence-corrected chi connectivity index (χ4v) is 2.38. The van der Waals surface area contributed by atoms with Crippen LogP contribution < -0.4 is 20.3 Å². The minimum atomic E-state index is -1.22. The summed E-state index contributed by atoms with van der Waals surface area (Å²) in [6, 6.07) is 3.76. The Bertz CT molecular complexity index is 493. The lowest BCUT2D eigenvalue weighted by Crippen LogP contribution is -2.36. The molecular weight excluding hydrogens is 270 g/mol. The molecule has 114 valence electrons. The van der Waals surface area contributed by atoms with Gasteiger partial charge in [-0.1, -0.05) is 6.92 Å². The number of carboxylic acids is 1. The monoisotopic (exact) mass is 291 g/mol. The number of rotatable bonds is 5. The Hall–Kier alpha value is -2.11. The Labute approximate surface area is 124 Å². The number of nitrogens with one attached hydrogen (secondary N) is 2. The van der Waals surface area contributed by atoms with Gasteiger partial charge in [-0.15, -0.1) is 0 Å². The van der Waals surface area contributed by atoms with E-state index in [-0.39, 0.29) is 18.7 Å². The van der Waals surface area contributed by atoms with E-state index in [2.05, 4.69) is 22.1 Å². The van der Waals surface area contributed by atoms with Gasteiger partial charge in [-0.3, -0.25) is 9.69 Å². The fourth-order valence-electron chi connectivity index (χ4n) is 2.38. The van der Waals surface area contributed by atoms with Gasteiger partial charge in [0.2, 0.25) is 5.91 Å². The van der Waals surface area contributed by atoms with Gasteiger partial charge in [0, 0.05) is 18.5 Å². The van der Waals surface area contributed by atoms with E-state index in [1.165, 1.54) is 12.8 Å². The van der Waals surface area contributed by atoms with Crippen molar-refractivity contribution in [1.29, 1.82) is 0 Å². The lowest BCUT2D eigenvalue weighted by atomic mass is 9.99. The molecule has 2 N–H and O–H groups in total. The van der Waals surface area contributed by atoms with E-state index in [0.717, 1.165) is 24.8 Å². The lowest BCUT2D eigenvalue weighted by molar-refractivity contribution is -0.363. The van der Waals surface area contributed by atoms with Gasteiger partial charge in [0.05, 0.1) is 18.8 Å². The van der Waals surface area contributed by atoms with Crippen molar-refractivity contribution in [3.05, 3.63) is 18.3 Å². The molecule has 0 radical (unpaired) electrons. The Morgan fingerprint density at radius 1 is 1.33 bits per heavy atom. The van der Waals surface area contributed by atoms with Crippen LogP contribution in [0.15, 0.2) is 18.3 Å². The zero-order chi connectivity index (χ0) is 15.2. The van der Waals surface area contributed by atoms with Crippen molar-refractivity contribution in [3.8, 4) is 0 Å². The third-order valence-corrected chi connectivity index (χ3v) is 3.76. The van der Waals surface area contributed by atoms with E-state index in [1.807, 2.05) is 12.1 Å². The zero-order valence-corrected chi connectivity index (χ0v) is 12.2. The average Bonchev–Trinajstić information content (AvgIpc) is 2.47. The number of carboxylic acid groups (broad SMARTS) is 1. The van der Waals surface area contributed by atoms with Crippen molar-refractivity contribution in [2.24, 2.45) is 5.92 Å². The van der Waals surface area contributed by atoms with E-state index in [1.54, 1.807) is 6.20 Å². The Morgan fingerprint density at radius 3 is 2.62 bits per heavy atom. The first-order chi connectivity index (χ1) is 10.0. The highest BCUT2D eigenvalue weighted by Crippen LogP contribution is 2.20. The highest BCUT2D eigenvalue weighted by atomic mass is 16.4. The van der Waals surface area contributed by atoms with E-state index in [9.17, 15) is 14.7 Å². The number of pyridine rings is 1. The van der Waals surface area contributed by atoms with Gasteiger partial charge < -0.3 is 15.2 Å². The molecule has 1 aromatic rings. The predicted molar refractivity (Wildman–Crippen MR) is 76.5 cm³/mol. The van der Waals surface area contributed by atoms with Crippen LogP contribution in [0.3, 0.4) is 0 Å². The number of carbonyl (C=O) groups excluding carboxylic acids is 2. The van der Waals surface area contributed by atoms with Gasteiger partial charge in [-0.25, -0.2) is 4.98 Å². The van der Waals surface area contributed by atoms with Gasteiger partial charge in [0.25, 0.3) is 5.82 Å². The molecule has 1 aliphatic rings. The molecule has 1 aliphatic heterocycles. The first-order valence-corrected chi connectivity index (χ1v) is 7.31. The van der Waals surface area contributed by atoms with Gasteiger partial charge in [0.1, 0.15) is 6.20 Å². The van der Waals surface area contributed by atoms with Gasteiger partial charge >= 0.3 is 0 Å². The van der Waals surface area contributed by atoms with Crippen molar-refractivity contribution < 1.29 is 19.7 Å². The number of nitrogens with zero attached hydrogens (tertiary/aromatic N) is 1. The molecule has 1 saturated heterocycles. The Balaban J connectivity index is 1.87. The SMILES string of the molecule is CC1CCN(c2ccc(NC(=O)CCC(=O)[O-])c[nH+]2)CC1. The molecule has 21 heavy (non-hydrogen) atoms. The second-order valence-corrected chi connectivity index (χ2v) is 5.55. The first-order valence-electron chi connectivity index (χ1n) is 7.31. The number of amides is 1. The average molecular weight is 291 g/mol. The molecule has 0 saturated carbocycles. The third-order valence-electron chi connectivity index (χ3n) is 3.76. The second-order valence-electron chi connectivity index (χ2n) is 5.55. The molecule has 0 aliphatic carbocycles. The number of anilines is 2. The summed E-state index contributed by atoms with van der Waals surface area (Å²) in [6.07, 6.45) is 3.77. The third kappa shape index (κ3) is 4.73. The van der Waals surface area contributed by atoms with Crippen molar-refractivity contribution in [2.45, 2.75) is 32.6 Å². The number of aromatic amines is 1. The summed E-state index contributed by atoms with van der Waals surface area (Å²) >= 11 is 0. The smallest absolute Gasteiger partial charge is 0.274 e. The fraction of sp³-hybridized carbons (Fsp3) is 0.533. The standard InChI is InChI=1S/C15H21N3O3/c1-11-6-8-18(9-7-11)13-3-2-12(10-16-13)17-14(19)4-5-15(20)21/h2-3,10-11H,4-9H2,1H3,(H,17,19)(H,20,21). The molecular formula is C15H21N3O3. The molecule has 0 atom stereocenters. The lowest BCUT2D eigenvalue weighted by Gasteiger charge is -2.25. The maximum atomic E-state index is 11.5. The number of aromatic nitrogens is 1. The molecule has 0 spiro atoms. The number of aliphatic carboxylic acids is 1. The van der Waals surface area contributed by atoms with E-state index < -0.39 is 5.97 Å². The molecule has 1 fully saturated rings. The summed E-state index contributed by atoms with van der Waals surface area (Å²) < 4.78 is 0. The highest BCUT2D eigenvalue weighted by molar-refractivity contribution is 5.92. The van der Waals surface area contributed by atoms with Crippen LogP contribution in [0, 0.1) is 5.92 Å². The summed E-state index contributed by atoms with van der Waals surface area (Å²) in [5, 5.41) is 13.0. The van der Waals surface area contributed by atoms with E-state index >= 15 is 0 Å². The number of hydrogen-bond donors (Lipinski definition) is 1. The molecule has 1 aromatic heterocycles. The van der Waals surface area contributed by atoms with Crippen LogP contribution in [0.2, 0.25) is 0 Å². The normalized spacial score (nSPS) is 15.8. The van der Waals surface area contributed by atoms with E-state index in [4.69, 9.17) is 0 Å².